The predicted molar refractivity (Wildman–Crippen MR) is 281 cm³/mol. The zero-order valence-corrected chi connectivity index (χ0v) is 43.6. The SMILES string of the molecule is CC(C)c1cc(-c2cccc(-c3cc(F)cc(F)c3)c2N2[CH-]N(c3[c-]c(Oc4[c-]c5c(cc4)c4ccccc4n5-c4cc(C(C)(C)C)ccn4)cc(C(C)(C)C)c3)c3ccccc32)cc(C(C)C)c1.[Pt]. The second-order valence-electron chi connectivity index (χ2n) is 21.0. The number of hydrogen-bond acceptors (Lipinski definition) is 4. The van der Waals surface area contributed by atoms with Crippen molar-refractivity contribution in [2.75, 3.05) is 9.80 Å². The monoisotopic (exact) mass is 1110 g/mol. The molecular weight excluding hydrogens is 1050 g/mol. The van der Waals surface area contributed by atoms with Gasteiger partial charge < -0.3 is 19.1 Å². The number of hydrogen-bond donors (Lipinski definition) is 0. The number of rotatable bonds is 9. The largest absolute Gasteiger partial charge is 0.509 e. The Morgan fingerprint density at radius 1 is 0.571 bits per heavy atom. The van der Waals surface area contributed by atoms with E-state index >= 15 is 8.78 Å². The summed E-state index contributed by atoms with van der Waals surface area (Å²) >= 11 is 0. The van der Waals surface area contributed by atoms with Gasteiger partial charge in [0.15, 0.2) is 0 Å². The first kappa shape index (κ1) is 48.5. The summed E-state index contributed by atoms with van der Waals surface area (Å²) in [6, 6.07) is 53.0. The van der Waals surface area contributed by atoms with Gasteiger partial charge in [0.05, 0.1) is 0 Å². The number of aromatic nitrogens is 2. The van der Waals surface area contributed by atoms with Crippen molar-refractivity contribution in [3.05, 3.63) is 198 Å². The molecule has 3 heterocycles. The van der Waals surface area contributed by atoms with Crippen LogP contribution in [0.5, 0.6) is 11.5 Å². The standard InChI is InChI=1S/C62H57F2N4O.Pt/c1-38(2)40-26-41(39(3)4)28-42(27-40)51-17-15-18-52(43-29-46(63)34-47(64)30-43)60(51)67-37-66(56-20-13-14-21-57(56)67)48-31-45(62(8,9)10)32-50(35-48)69-49-22-23-54-53-16-11-12-19-55(53)68(58(54)36-49)59-33-44(24-25-65-59)61(5,6)7;/h11-34,37-39H,1-10H3;/q-3;. The summed E-state index contributed by atoms with van der Waals surface area (Å²) in [5.74, 6) is 1.20. The van der Waals surface area contributed by atoms with E-state index in [1.54, 1.807) is 0 Å². The van der Waals surface area contributed by atoms with Crippen molar-refractivity contribution in [1.29, 1.82) is 0 Å². The molecule has 0 saturated heterocycles. The van der Waals surface area contributed by atoms with E-state index in [4.69, 9.17) is 9.72 Å². The number of anilines is 4. The predicted octanol–water partition coefficient (Wildman–Crippen LogP) is 17.4. The average Bonchev–Trinajstić information content (AvgIpc) is 3.86. The van der Waals surface area contributed by atoms with Gasteiger partial charge in [0.25, 0.3) is 0 Å². The Morgan fingerprint density at radius 2 is 1.19 bits per heavy atom. The molecule has 0 radical (unpaired) electrons. The number of halogens is 2. The minimum Gasteiger partial charge on any atom is -0.509 e. The molecule has 0 fully saturated rings. The molecule has 7 aromatic carbocycles. The third-order valence-corrected chi connectivity index (χ3v) is 13.3. The molecule has 0 amide bonds. The van der Waals surface area contributed by atoms with E-state index in [0.29, 0.717) is 22.6 Å². The van der Waals surface area contributed by atoms with Gasteiger partial charge in [0.2, 0.25) is 0 Å². The van der Waals surface area contributed by atoms with Crippen LogP contribution >= 0.6 is 0 Å². The fraction of sp³-hybridized carbons (Fsp3) is 0.226. The molecule has 0 bridgehead atoms. The van der Waals surface area contributed by atoms with Crippen LogP contribution in [0.3, 0.4) is 0 Å². The molecule has 5 nitrogen and oxygen atoms in total. The molecule has 0 atom stereocenters. The maximum atomic E-state index is 15.2. The molecule has 0 unspecified atom stereocenters. The zero-order chi connectivity index (χ0) is 48.5. The molecule has 0 N–H and O–H groups in total. The molecule has 10 rings (SSSR count). The first-order valence-electron chi connectivity index (χ1n) is 23.9. The Morgan fingerprint density at radius 3 is 1.83 bits per heavy atom. The van der Waals surface area contributed by atoms with E-state index in [2.05, 4.69) is 193 Å². The minimum absolute atomic E-state index is 0. The van der Waals surface area contributed by atoms with Crippen molar-refractivity contribution in [3.63, 3.8) is 0 Å². The van der Waals surface area contributed by atoms with Gasteiger partial charge in [0.1, 0.15) is 17.5 Å². The van der Waals surface area contributed by atoms with E-state index in [0.717, 1.165) is 73.1 Å². The van der Waals surface area contributed by atoms with Crippen LogP contribution in [0.25, 0.3) is 49.9 Å². The van der Waals surface area contributed by atoms with E-state index < -0.39 is 11.6 Å². The van der Waals surface area contributed by atoms with E-state index in [9.17, 15) is 0 Å². The van der Waals surface area contributed by atoms with E-state index in [1.165, 1.54) is 28.8 Å². The van der Waals surface area contributed by atoms with Gasteiger partial charge in [-0.25, -0.2) is 13.8 Å². The Bertz CT molecular complexity index is 3390. The van der Waals surface area contributed by atoms with Gasteiger partial charge in [-0.1, -0.05) is 141 Å². The van der Waals surface area contributed by atoms with Crippen molar-refractivity contribution in [1.82, 2.24) is 9.55 Å². The van der Waals surface area contributed by atoms with Crippen molar-refractivity contribution >= 4 is 44.6 Å². The van der Waals surface area contributed by atoms with Crippen LogP contribution in [0.2, 0.25) is 0 Å². The summed E-state index contributed by atoms with van der Waals surface area (Å²) < 4.78 is 39.4. The fourth-order valence-corrected chi connectivity index (χ4v) is 9.40. The number of ether oxygens (including phenoxy) is 1. The fourth-order valence-electron chi connectivity index (χ4n) is 9.40. The molecule has 0 spiro atoms. The summed E-state index contributed by atoms with van der Waals surface area (Å²) in [4.78, 5) is 9.16. The van der Waals surface area contributed by atoms with Gasteiger partial charge in [-0.3, -0.25) is 0 Å². The maximum absolute atomic E-state index is 15.2. The molecule has 0 aliphatic carbocycles. The second-order valence-corrected chi connectivity index (χ2v) is 21.0. The van der Waals surface area contributed by atoms with Crippen molar-refractivity contribution in [2.45, 2.75) is 91.9 Å². The molecular formula is C62H57F2N4OPt-3. The summed E-state index contributed by atoms with van der Waals surface area (Å²) in [6.07, 6.45) is 1.88. The summed E-state index contributed by atoms with van der Waals surface area (Å²) in [5.41, 5.74) is 12.8. The minimum atomic E-state index is -0.636. The molecule has 358 valence electrons. The van der Waals surface area contributed by atoms with Crippen LogP contribution in [0, 0.1) is 30.4 Å². The number of benzene rings is 7. The first-order chi connectivity index (χ1) is 32.9. The summed E-state index contributed by atoms with van der Waals surface area (Å²) in [6.45, 7) is 24.1. The molecule has 9 aromatic rings. The van der Waals surface area contributed by atoms with Crippen LogP contribution in [-0.4, -0.2) is 9.55 Å². The van der Waals surface area contributed by atoms with Crippen LogP contribution in [0.4, 0.5) is 31.5 Å². The van der Waals surface area contributed by atoms with Gasteiger partial charge in [0, 0.05) is 78.5 Å². The number of para-hydroxylation sites is 4. The quantitative estimate of drug-likeness (QED) is 0.135. The van der Waals surface area contributed by atoms with E-state index in [-0.39, 0.29) is 43.7 Å². The Kier molecular flexibility index (Phi) is 12.9. The van der Waals surface area contributed by atoms with Crippen LogP contribution in [0.15, 0.2) is 146 Å². The van der Waals surface area contributed by atoms with Crippen molar-refractivity contribution < 1.29 is 34.6 Å². The average molecular weight is 1110 g/mol. The van der Waals surface area contributed by atoms with Crippen LogP contribution in [-0.2, 0) is 31.9 Å². The van der Waals surface area contributed by atoms with E-state index in [1.807, 2.05) is 36.5 Å². The van der Waals surface area contributed by atoms with Crippen molar-refractivity contribution in [3.8, 4) is 39.6 Å². The normalized spacial score (nSPS) is 12.9. The zero-order valence-electron chi connectivity index (χ0n) is 41.4. The maximum Gasteiger partial charge on any atom is 0.135 e. The van der Waals surface area contributed by atoms with Gasteiger partial charge in [-0.05, 0) is 98.3 Å². The number of fused-ring (bicyclic) bond motifs is 4. The summed E-state index contributed by atoms with van der Waals surface area (Å²) in [7, 11) is 0. The van der Waals surface area contributed by atoms with Crippen molar-refractivity contribution in [2.24, 2.45) is 0 Å². The van der Waals surface area contributed by atoms with Crippen LogP contribution < -0.4 is 14.5 Å². The van der Waals surface area contributed by atoms with Gasteiger partial charge >= 0.3 is 0 Å². The molecule has 2 aromatic heterocycles. The third kappa shape index (κ3) is 9.17. The first-order valence-corrected chi connectivity index (χ1v) is 23.9. The van der Waals surface area contributed by atoms with Gasteiger partial charge in [-0.2, -0.15) is 6.07 Å². The smallest absolute Gasteiger partial charge is 0.135 e. The van der Waals surface area contributed by atoms with Crippen LogP contribution in [0.1, 0.15) is 103 Å². The molecule has 70 heavy (non-hydrogen) atoms. The third-order valence-electron chi connectivity index (χ3n) is 13.3. The Balaban J connectivity index is 0.00000608. The number of pyridine rings is 1. The number of nitrogens with zero attached hydrogens (tertiary/aromatic N) is 4. The molecule has 0 saturated carbocycles. The van der Waals surface area contributed by atoms with Gasteiger partial charge in [-0.15, -0.1) is 53.6 Å². The Labute approximate surface area is 426 Å². The molecule has 1 aliphatic heterocycles. The molecule has 8 heteroatoms. The molecule has 1 aliphatic rings. The Hall–Kier alpha value is -6.56. The topological polar surface area (TPSA) is 33.5 Å². The second kappa shape index (κ2) is 18.6. The summed E-state index contributed by atoms with van der Waals surface area (Å²) in [5, 5.41) is 2.16.